The SMILES string of the molecule is CCN(c1ccccc1)c1ccnc(NC2CCCCC2)n1. The van der Waals surface area contributed by atoms with Crippen molar-refractivity contribution in [1.29, 1.82) is 0 Å². The number of nitrogens with one attached hydrogen (secondary N) is 1. The Kier molecular flexibility index (Phi) is 4.88. The van der Waals surface area contributed by atoms with E-state index in [1.54, 1.807) is 0 Å². The number of para-hydroxylation sites is 1. The molecule has 116 valence electrons. The van der Waals surface area contributed by atoms with E-state index < -0.39 is 0 Å². The summed E-state index contributed by atoms with van der Waals surface area (Å²) in [5.74, 6) is 1.70. The molecule has 1 fully saturated rings. The first-order valence-corrected chi connectivity index (χ1v) is 8.29. The normalized spacial score (nSPS) is 15.5. The number of hydrogen-bond acceptors (Lipinski definition) is 4. The van der Waals surface area contributed by atoms with Crippen molar-refractivity contribution in [2.75, 3.05) is 16.8 Å². The second kappa shape index (κ2) is 7.25. The van der Waals surface area contributed by atoms with Crippen molar-refractivity contribution in [2.45, 2.75) is 45.1 Å². The van der Waals surface area contributed by atoms with Crippen LogP contribution in [0.1, 0.15) is 39.0 Å². The Morgan fingerprint density at radius 1 is 1.09 bits per heavy atom. The van der Waals surface area contributed by atoms with Crippen molar-refractivity contribution in [3.8, 4) is 0 Å². The summed E-state index contributed by atoms with van der Waals surface area (Å²) in [5.41, 5.74) is 1.16. The van der Waals surface area contributed by atoms with Gasteiger partial charge in [0.2, 0.25) is 5.95 Å². The lowest BCUT2D eigenvalue weighted by Gasteiger charge is -2.25. The third kappa shape index (κ3) is 3.56. The summed E-state index contributed by atoms with van der Waals surface area (Å²) in [6.07, 6.45) is 8.27. The van der Waals surface area contributed by atoms with Gasteiger partial charge in [-0.25, -0.2) is 4.98 Å². The van der Waals surface area contributed by atoms with Gasteiger partial charge in [0, 0.05) is 24.5 Å². The average Bonchev–Trinajstić information content (AvgIpc) is 2.58. The molecule has 1 aliphatic rings. The summed E-state index contributed by atoms with van der Waals surface area (Å²) in [7, 11) is 0. The van der Waals surface area contributed by atoms with Crippen LogP contribution >= 0.6 is 0 Å². The molecule has 4 nitrogen and oxygen atoms in total. The summed E-state index contributed by atoms with van der Waals surface area (Å²) in [4.78, 5) is 11.3. The van der Waals surface area contributed by atoms with Crippen LogP contribution in [-0.2, 0) is 0 Å². The van der Waals surface area contributed by atoms with Crippen molar-refractivity contribution in [3.05, 3.63) is 42.6 Å². The van der Waals surface area contributed by atoms with E-state index in [0.29, 0.717) is 6.04 Å². The van der Waals surface area contributed by atoms with Crippen molar-refractivity contribution >= 4 is 17.5 Å². The monoisotopic (exact) mass is 296 g/mol. The van der Waals surface area contributed by atoms with Crippen molar-refractivity contribution in [3.63, 3.8) is 0 Å². The number of nitrogens with zero attached hydrogens (tertiary/aromatic N) is 3. The second-order valence-electron chi connectivity index (χ2n) is 5.80. The standard InChI is InChI=1S/C18H24N4/c1-2-22(16-11-7-4-8-12-16)17-13-14-19-18(21-17)20-15-9-5-3-6-10-15/h4,7-8,11-15H,2-3,5-6,9-10H2,1H3,(H,19,20,21). The molecule has 4 heteroatoms. The van der Waals surface area contributed by atoms with E-state index in [1.165, 1.54) is 32.1 Å². The lowest BCUT2D eigenvalue weighted by molar-refractivity contribution is 0.461. The van der Waals surface area contributed by atoms with Crippen molar-refractivity contribution in [2.24, 2.45) is 0 Å². The summed E-state index contributed by atoms with van der Waals surface area (Å²) in [6, 6.07) is 12.9. The lowest BCUT2D eigenvalue weighted by atomic mass is 9.96. The van der Waals surface area contributed by atoms with Gasteiger partial charge >= 0.3 is 0 Å². The third-order valence-corrected chi connectivity index (χ3v) is 4.24. The molecule has 1 aliphatic carbocycles. The van der Waals surface area contributed by atoms with Crippen LogP contribution in [0.2, 0.25) is 0 Å². The van der Waals surface area contributed by atoms with Crippen LogP contribution in [0.25, 0.3) is 0 Å². The quantitative estimate of drug-likeness (QED) is 0.889. The van der Waals surface area contributed by atoms with Crippen LogP contribution < -0.4 is 10.2 Å². The number of hydrogen-bond donors (Lipinski definition) is 1. The van der Waals surface area contributed by atoms with Crippen molar-refractivity contribution in [1.82, 2.24) is 9.97 Å². The van der Waals surface area contributed by atoms with Gasteiger partial charge in [-0.1, -0.05) is 37.5 Å². The Bertz CT molecular complexity index is 579. The number of anilines is 3. The molecule has 0 radical (unpaired) electrons. The molecule has 0 amide bonds. The minimum Gasteiger partial charge on any atom is -0.351 e. The van der Waals surface area contributed by atoms with E-state index >= 15 is 0 Å². The second-order valence-corrected chi connectivity index (χ2v) is 5.80. The summed E-state index contributed by atoms with van der Waals surface area (Å²) in [6.45, 7) is 3.02. The maximum absolute atomic E-state index is 4.72. The lowest BCUT2D eigenvalue weighted by Crippen LogP contribution is -2.24. The zero-order valence-corrected chi connectivity index (χ0v) is 13.2. The number of benzene rings is 1. The van der Waals surface area contributed by atoms with Gasteiger partial charge in [0.15, 0.2) is 0 Å². The van der Waals surface area contributed by atoms with Gasteiger partial charge in [0.1, 0.15) is 5.82 Å². The summed E-state index contributed by atoms with van der Waals surface area (Å²) < 4.78 is 0. The van der Waals surface area contributed by atoms with Gasteiger partial charge in [0.05, 0.1) is 0 Å². The zero-order valence-electron chi connectivity index (χ0n) is 13.2. The maximum Gasteiger partial charge on any atom is 0.224 e. The van der Waals surface area contributed by atoms with Crippen LogP contribution in [0.3, 0.4) is 0 Å². The van der Waals surface area contributed by atoms with Gasteiger partial charge in [-0.3, -0.25) is 0 Å². The third-order valence-electron chi connectivity index (χ3n) is 4.24. The Morgan fingerprint density at radius 3 is 2.59 bits per heavy atom. The van der Waals surface area contributed by atoms with E-state index in [0.717, 1.165) is 24.0 Å². The van der Waals surface area contributed by atoms with E-state index in [4.69, 9.17) is 4.98 Å². The highest BCUT2D eigenvalue weighted by Gasteiger charge is 2.15. The molecule has 1 saturated carbocycles. The highest BCUT2D eigenvalue weighted by Crippen LogP contribution is 2.24. The van der Waals surface area contributed by atoms with Gasteiger partial charge in [-0.2, -0.15) is 4.98 Å². The first kappa shape index (κ1) is 14.8. The first-order valence-electron chi connectivity index (χ1n) is 8.29. The molecule has 0 unspecified atom stereocenters. The predicted molar refractivity (Wildman–Crippen MR) is 91.6 cm³/mol. The Balaban J connectivity index is 1.77. The molecule has 0 aliphatic heterocycles. The van der Waals surface area contributed by atoms with E-state index in [1.807, 2.05) is 18.3 Å². The first-order chi connectivity index (χ1) is 10.9. The molecule has 2 aromatic rings. The number of rotatable bonds is 5. The van der Waals surface area contributed by atoms with Crippen LogP contribution in [0, 0.1) is 0 Å². The fraction of sp³-hybridized carbons (Fsp3) is 0.444. The topological polar surface area (TPSA) is 41.1 Å². The minimum absolute atomic E-state index is 0.524. The summed E-state index contributed by atoms with van der Waals surface area (Å²) in [5, 5.41) is 3.50. The molecule has 0 saturated heterocycles. The van der Waals surface area contributed by atoms with Gasteiger partial charge in [0.25, 0.3) is 0 Å². The van der Waals surface area contributed by atoms with E-state index in [9.17, 15) is 0 Å². The largest absolute Gasteiger partial charge is 0.351 e. The smallest absolute Gasteiger partial charge is 0.224 e. The molecule has 0 bridgehead atoms. The van der Waals surface area contributed by atoms with Gasteiger partial charge in [-0.15, -0.1) is 0 Å². The molecular formula is C18H24N4. The minimum atomic E-state index is 0.524. The molecule has 0 atom stereocenters. The fourth-order valence-electron chi connectivity index (χ4n) is 3.08. The molecule has 3 rings (SSSR count). The Labute approximate surface area is 132 Å². The molecule has 1 N–H and O–H groups in total. The maximum atomic E-state index is 4.72. The van der Waals surface area contributed by atoms with Crippen LogP contribution in [0.4, 0.5) is 17.5 Å². The molecule has 0 spiro atoms. The fourth-order valence-corrected chi connectivity index (χ4v) is 3.08. The highest BCUT2D eigenvalue weighted by molar-refractivity contribution is 5.60. The highest BCUT2D eigenvalue weighted by atomic mass is 15.2. The van der Waals surface area contributed by atoms with Gasteiger partial charge in [-0.05, 0) is 38.0 Å². The Hall–Kier alpha value is -2.10. The van der Waals surface area contributed by atoms with Gasteiger partial charge < -0.3 is 10.2 Å². The van der Waals surface area contributed by atoms with E-state index in [2.05, 4.69) is 46.4 Å². The summed E-state index contributed by atoms with van der Waals surface area (Å²) >= 11 is 0. The average molecular weight is 296 g/mol. The Morgan fingerprint density at radius 2 is 1.86 bits per heavy atom. The van der Waals surface area contributed by atoms with Crippen LogP contribution in [-0.4, -0.2) is 22.6 Å². The molecule has 1 aromatic heterocycles. The molecule has 1 aromatic carbocycles. The van der Waals surface area contributed by atoms with Crippen LogP contribution in [0.5, 0.6) is 0 Å². The molecule has 1 heterocycles. The van der Waals surface area contributed by atoms with E-state index in [-0.39, 0.29) is 0 Å². The predicted octanol–water partition coefficient (Wildman–Crippen LogP) is 4.38. The number of aromatic nitrogens is 2. The van der Waals surface area contributed by atoms with Crippen molar-refractivity contribution < 1.29 is 0 Å². The molecule has 22 heavy (non-hydrogen) atoms. The zero-order chi connectivity index (χ0) is 15.2. The van der Waals surface area contributed by atoms with Crippen LogP contribution in [0.15, 0.2) is 42.6 Å². The molecular weight excluding hydrogens is 272 g/mol.